The normalized spacial score (nSPS) is 14.4. The average molecular weight is 225 g/mol. The maximum atomic E-state index is 11.4. The minimum absolute atomic E-state index is 0.0647. The summed E-state index contributed by atoms with van der Waals surface area (Å²) in [6, 6.07) is 3.64. The molecule has 0 fully saturated rings. The van der Waals surface area contributed by atoms with Gasteiger partial charge in [0.25, 0.3) is 0 Å². The monoisotopic (exact) mass is 225 g/mol. The second-order valence-electron chi connectivity index (χ2n) is 4.21. The molecule has 1 atom stereocenters. The van der Waals surface area contributed by atoms with E-state index in [-0.39, 0.29) is 5.91 Å². The second-order valence-corrected chi connectivity index (χ2v) is 4.21. The molecule has 1 amide bonds. The Labute approximate surface area is 95.7 Å². The van der Waals surface area contributed by atoms with Crippen LogP contribution in [0.2, 0.25) is 0 Å². The van der Waals surface area contributed by atoms with Crippen molar-refractivity contribution in [2.75, 3.05) is 6.54 Å². The lowest BCUT2D eigenvalue weighted by molar-refractivity contribution is -0.122. The number of furan rings is 1. The molecule has 4 heteroatoms. The zero-order valence-electron chi connectivity index (χ0n) is 9.82. The van der Waals surface area contributed by atoms with Gasteiger partial charge in [-0.3, -0.25) is 4.79 Å². The lowest BCUT2D eigenvalue weighted by Crippen LogP contribution is -2.40. The molecule has 1 rings (SSSR count). The molecule has 4 nitrogen and oxygen atoms in total. The van der Waals surface area contributed by atoms with Gasteiger partial charge in [0.05, 0.1) is 11.9 Å². The number of carbonyl (C=O) groups excluding carboxylic acids is 1. The summed E-state index contributed by atoms with van der Waals surface area (Å²) in [7, 11) is 0. The number of hydrogen-bond donors (Lipinski definition) is 2. The summed E-state index contributed by atoms with van der Waals surface area (Å²) in [6.45, 7) is 3.88. The summed E-state index contributed by atoms with van der Waals surface area (Å²) in [6.07, 6.45) is 3.18. The van der Waals surface area contributed by atoms with E-state index < -0.39 is 5.60 Å². The van der Waals surface area contributed by atoms with Gasteiger partial charge in [0.2, 0.25) is 5.91 Å². The summed E-state index contributed by atoms with van der Waals surface area (Å²) < 4.78 is 5.12. The number of hydrogen-bond acceptors (Lipinski definition) is 3. The highest BCUT2D eigenvalue weighted by Gasteiger charge is 2.18. The first-order valence-electron chi connectivity index (χ1n) is 5.55. The van der Waals surface area contributed by atoms with Crippen molar-refractivity contribution < 1.29 is 14.3 Å². The number of amides is 1. The molecule has 0 saturated carbocycles. The minimum Gasteiger partial charge on any atom is -0.469 e. The van der Waals surface area contributed by atoms with Crippen molar-refractivity contribution in [3.8, 4) is 0 Å². The van der Waals surface area contributed by atoms with Crippen LogP contribution in [0.25, 0.3) is 0 Å². The molecule has 1 aromatic heterocycles. The molecule has 0 bridgehead atoms. The number of rotatable bonds is 6. The predicted molar refractivity (Wildman–Crippen MR) is 61.0 cm³/mol. The molecule has 0 spiro atoms. The number of aryl methyl sites for hydroxylation is 1. The smallest absolute Gasteiger partial charge is 0.220 e. The standard InChI is InChI=1S/C12H19NO3/c1-3-12(2,15)9-13-11(14)7-6-10-5-4-8-16-10/h4-5,8,15H,3,6-7,9H2,1-2H3,(H,13,14). The molecule has 0 aliphatic heterocycles. The summed E-state index contributed by atoms with van der Waals surface area (Å²) >= 11 is 0. The maximum Gasteiger partial charge on any atom is 0.220 e. The van der Waals surface area contributed by atoms with Crippen molar-refractivity contribution in [2.45, 2.75) is 38.7 Å². The summed E-state index contributed by atoms with van der Waals surface area (Å²) in [4.78, 5) is 11.4. The van der Waals surface area contributed by atoms with Crippen LogP contribution >= 0.6 is 0 Å². The van der Waals surface area contributed by atoms with Crippen LogP contribution in [0, 0.1) is 0 Å². The molecule has 1 heterocycles. The highest BCUT2D eigenvalue weighted by molar-refractivity contribution is 5.76. The van der Waals surface area contributed by atoms with Crippen LogP contribution in [0.15, 0.2) is 22.8 Å². The van der Waals surface area contributed by atoms with Gasteiger partial charge >= 0.3 is 0 Å². The predicted octanol–water partition coefficient (Wildman–Crippen LogP) is 1.49. The van der Waals surface area contributed by atoms with Gasteiger partial charge in [-0.15, -0.1) is 0 Å². The summed E-state index contributed by atoms with van der Waals surface area (Å²) in [5, 5.41) is 12.4. The van der Waals surface area contributed by atoms with Crippen molar-refractivity contribution in [3.63, 3.8) is 0 Å². The molecule has 2 N–H and O–H groups in total. The van der Waals surface area contributed by atoms with E-state index in [1.807, 2.05) is 13.0 Å². The van der Waals surface area contributed by atoms with Crippen LogP contribution in [0.5, 0.6) is 0 Å². The fourth-order valence-electron chi connectivity index (χ4n) is 1.19. The molecular formula is C12H19NO3. The Hall–Kier alpha value is -1.29. The maximum absolute atomic E-state index is 11.4. The van der Waals surface area contributed by atoms with Crippen LogP contribution in [0.4, 0.5) is 0 Å². The number of carbonyl (C=O) groups is 1. The van der Waals surface area contributed by atoms with E-state index in [1.165, 1.54) is 0 Å². The van der Waals surface area contributed by atoms with Gasteiger partial charge in [-0.25, -0.2) is 0 Å². The van der Waals surface area contributed by atoms with Gasteiger partial charge in [-0.1, -0.05) is 6.92 Å². The van der Waals surface area contributed by atoms with Crippen molar-refractivity contribution in [1.29, 1.82) is 0 Å². The lowest BCUT2D eigenvalue weighted by atomic mass is 10.0. The Kier molecular flexibility index (Phi) is 4.55. The van der Waals surface area contributed by atoms with E-state index in [9.17, 15) is 9.90 Å². The Morgan fingerprint density at radius 3 is 2.94 bits per heavy atom. The first kappa shape index (κ1) is 12.8. The molecule has 1 unspecified atom stereocenters. The van der Waals surface area contributed by atoms with E-state index in [0.29, 0.717) is 25.8 Å². The van der Waals surface area contributed by atoms with Gasteiger partial charge in [0, 0.05) is 19.4 Å². The highest BCUT2D eigenvalue weighted by Crippen LogP contribution is 2.07. The molecule has 90 valence electrons. The van der Waals surface area contributed by atoms with Crippen LogP contribution in [-0.4, -0.2) is 23.2 Å². The van der Waals surface area contributed by atoms with Gasteiger partial charge in [-0.05, 0) is 25.5 Å². The SMILES string of the molecule is CCC(C)(O)CNC(=O)CCc1ccco1. The Morgan fingerprint density at radius 1 is 1.62 bits per heavy atom. The first-order valence-corrected chi connectivity index (χ1v) is 5.55. The Balaban J connectivity index is 2.21. The summed E-state index contributed by atoms with van der Waals surface area (Å²) in [5.74, 6) is 0.738. The molecular weight excluding hydrogens is 206 g/mol. The molecule has 0 saturated heterocycles. The largest absolute Gasteiger partial charge is 0.469 e. The first-order chi connectivity index (χ1) is 7.53. The Morgan fingerprint density at radius 2 is 2.38 bits per heavy atom. The molecule has 0 aromatic carbocycles. The third-order valence-corrected chi connectivity index (χ3v) is 2.61. The zero-order chi connectivity index (χ0) is 12.0. The second kappa shape index (κ2) is 5.70. The number of nitrogens with one attached hydrogen (secondary N) is 1. The van der Waals surface area contributed by atoms with Crippen LogP contribution < -0.4 is 5.32 Å². The average Bonchev–Trinajstić information content (AvgIpc) is 2.76. The third-order valence-electron chi connectivity index (χ3n) is 2.61. The fourth-order valence-corrected chi connectivity index (χ4v) is 1.19. The van der Waals surface area contributed by atoms with Crippen molar-refractivity contribution in [1.82, 2.24) is 5.32 Å². The van der Waals surface area contributed by atoms with E-state index in [4.69, 9.17) is 4.42 Å². The van der Waals surface area contributed by atoms with Gasteiger partial charge < -0.3 is 14.8 Å². The van der Waals surface area contributed by atoms with Crippen LogP contribution in [0.1, 0.15) is 32.4 Å². The van der Waals surface area contributed by atoms with Crippen LogP contribution in [-0.2, 0) is 11.2 Å². The molecule has 0 aliphatic carbocycles. The molecule has 0 radical (unpaired) electrons. The van der Waals surface area contributed by atoms with Crippen molar-refractivity contribution >= 4 is 5.91 Å². The lowest BCUT2D eigenvalue weighted by Gasteiger charge is -2.21. The summed E-state index contributed by atoms with van der Waals surface area (Å²) in [5.41, 5.74) is -0.819. The van der Waals surface area contributed by atoms with Gasteiger partial charge in [-0.2, -0.15) is 0 Å². The fraction of sp³-hybridized carbons (Fsp3) is 0.583. The molecule has 16 heavy (non-hydrogen) atoms. The minimum atomic E-state index is -0.819. The Bertz CT molecular complexity index is 317. The topological polar surface area (TPSA) is 62.5 Å². The van der Waals surface area contributed by atoms with E-state index in [0.717, 1.165) is 5.76 Å². The quantitative estimate of drug-likeness (QED) is 0.771. The highest BCUT2D eigenvalue weighted by atomic mass is 16.3. The molecule has 1 aromatic rings. The van der Waals surface area contributed by atoms with E-state index in [2.05, 4.69) is 5.32 Å². The van der Waals surface area contributed by atoms with Gasteiger partial charge in [0.15, 0.2) is 0 Å². The third kappa shape index (κ3) is 4.49. The van der Waals surface area contributed by atoms with Gasteiger partial charge in [0.1, 0.15) is 5.76 Å². The van der Waals surface area contributed by atoms with E-state index in [1.54, 1.807) is 19.3 Å². The van der Waals surface area contributed by atoms with Crippen molar-refractivity contribution in [2.24, 2.45) is 0 Å². The van der Waals surface area contributed by atoms with Crippen LogP contribution in [0.3, 0.4) is 0 Å². The van der Waals surface area contributed by atoms with E-state index >= 15 is 0 Å². The zero-order valence-corrected chi connectivity index (χ0v) is 9.82. The number of aliphatic hydroxyl groups is 1. The molecule has 0 aliphatic rings. The van der Waals surface area contributed by atoms with Crippen molar-refractivity contribution in [3.05, 3.63) is 24.2 Å².